The quantitative estimate of drug-likeness (QED) is 0.237. The predicted octanol–water partition coefficient (Wildman–Crippen LogP) is 5.16. The Bertz CT molecular complexity index is 1310. The van der Waals surface area contributed by atoms with E-state index in [1.165, 1.54) is 28.0 Å². The summed E-state index contributed by atoms with van der Waals surface area (Å²) in [7, 11) is 0. The van der Waals surface area contributed by atoms with Crippen LogP contribution in [-0.2, 0) is 11.3 Å². The number of nitrogens with one attached hydrogen (secondary N) is 1. The van der Waals surface area contributed by atoms with Gasteiger partial charge in [-0.3, -0.25) is 14.2 Å². The van der Waals surface area contributed by atoms with Crippen LogP contribution in [0.25, 0.3) is 21.5 Å². The zero-order valence-corrected chi connectivity index (χ0v) is 18.1. The Kier molecular flexibility index (Phi) is 6.06. The number of carbonyl (C=O) groups is 1. The van der Waals surface area contributed by atoms with Gasteiger partial charge < -0.3 is 9.73 Å². The van der Waals surface area contributed by atoms with E-state index < -0.39 is 17.0 Å². The highest BCUT2D eigenvalue weighted by Gasteiger charge is 2.22. The lowest BCUT2D eigenvalue weighted by Crippen LogP contribution is -2.27. The fourth-order valence-corrected chi connectivity index (χ4v) is 4.89. The number of rotatable bonds is 7. The molecule has 31 heavy (non-hydrogen) atoms. The molecule has 3 aromatic heterocycles. The number of fused-ring (bicyclic) bond motifs is 1. The van der Waals surface area contributed by atoms with E-state index in [1.807, 2.05) is 5.38 Å². The number of allylic oxidation sites excluding steroid dienone is 1. The van der Waals surface area contributed by atoms with Crippen LogP contribution in [0, 0.1) is 5.82 Å². The van der Waals surface area contributed by atoms with Crippen LogP contribution < -0.4 is 10.9 Å². The summed E-state index contributed by atoms with van der Waals surface area (Å²) in [6, 6.07) is 9.50. The maximum absolute atomic E-state index is 13.9. The second-order valence-corrected chi connectivity index (χ2v) is 8.80. The molecule has 0 radical (unpaired) electrons. The van der Waals surface area contributed by atoms with Crippen LogP contribution in [0.1, 0.15) is 6.92 Å². The van der Waals surface area contributed by atoms with Crippen LogP contribution in [0.15, 0.2) is 75.1 Å². The van der Waals surface area contributed by atoms with Gasteiger partial charge in [0.1, 0.15) is 16.4 Å². The number of hydrogen-bond acceptors (Lipinski definition) is 6. The molecule has 9 heteroatoms. The van der Waals surface area contributed by atoms with Gasteiger partial charge in [-0.05, 0) is 31.2 Å². The number of furan rings is 1. The predicted molar refractivity (Wildman–Crippen MR) is 122 cm³/mol. The van der Waals surface area contributed by atoms with Gasteiger partial charge in [0.2, 0.25) is 5.91 Å². The van der Waals surface area contributed by atoms with Crippen molar-refractivity contribution in [2.24, 2.45) is 0 Å². The van der Waals surface area contributed by atoms with E-state index >= 15 is 0 Å². The Morgan fingerprint density at radius 1 is 1.39 bits per heavy atom. The largest absolute Gasteiger partial charge is 0.464 e. The zero-order chi connectivity index (χ0) is 22.0. The molecule has 0 spiro atoms. The normalized spacial score (nSPS) is 12.1. The Labute approximate surface area is 185 Å². The van der Waals surface area contributed by atoms with Gasteiger partial charge in [0.25, 0.3) is 5.56 Å². The number of aromatic nitrogens is 2. The van der Waals surface area contributed by atoms with Crippen molar-refractivity contribution in [1.29, 1.82) is 0 Å². The van der Waals surface area contributed by atoms with E-state index in [9.17, 15) is 14.0 Å². The number of anilines is 1. The van der Waals surface area contributed by atoms with E-state index in [-0.39, 0.29) is 17.8 Å². The molecule has 0 aliphatic heterocycles. The van der Waals surface area contributed by atoms with Crippen LogP contribution in [0.3, 0.4) is 0 Å². The van der Waals surface area contributed by atoms with Crippen LogP contribution in [0.4, 0.5) is 10.1 Å². The number of thiophene rings is 1. The van der Waals surface area contributed by atoms with Crippen molar-refractivity contribution >= 4 is 44.9 Å². The molecule has 158 valence electrons. The lowest BCUT2D eigenvalue weighted by Gasteiger charge is -2.15. The lowest BCUT2D eigenvalue weighted by molar-refractivity contribution is -0.115. The van der Waals surface area contributed by atoms with Gasteiger partial charge in [-0.15, -0.1) is 17.9 Å². The molecule has 1 N–H and O–H groups in total. The molecule has 1 atom stereocenters. The smallest absolute Gasteiger partial charge is 0.263 e. The number of halogens is 1. The van der Waals surface area contributed by atoms with Crippen LogP contribution >= 0.6 is 23.1 Å². The molecule has 0 saturated carbocycles. The molecule has 0 unspecified atom stereocenters. The Balaban J connectivity index is 1.67. The Morgan fingerprint density at radius 2 is 2.19 bits per heavy atom. The molecule has 0 aliphatic carbocycles. The van der Waals surface area contributed by atoms with Gasteiger partial charge in [0.05, 0.1) is 22.6 Å². The first-order chi connectivity index (χ1) is 15.0. The summed E-state index contributed by atoms with van der Waals surface area (Å²) < 4.78 is 20.8. The van der Waals surface area contributed by atoms with Crippen molar-refractivity contribution < 1.29 is 13.6 Å². The summed E-state index contributed by atoms with van der Waals surface area (Å²) in [5.41, 5.74) is 0.553. The second-order valence-electron chi connectivity index (χ2n) is 6.63. The monoisotopic (exact) mass is 455 g/mol. The third kappa shape index (κ3) is 4.19. The molecule has 0 saturated heterocycles. The number of carbonyl (C=O) groups excluding carboxylic acids is 1. The molecule has 0 aliphatic rings. The highest BCUT2D eigenvalue weighted by atomic mass is 32.2. The summed E-state index contributed by atoms with van der Waals surface area (Å²) in [6.07, 6.45) is 3.15. The molecule has 4 rings (SSSR count). The van der Waals surface area contributed by atoms with Crippen molar-refractivity contribution in [1.82, 2.24) is 9.55 Å². The summed E-state index contributed by atoms with van der Waals surface area (Å²) in [5, 5.41) is 4.65. The number of para-hydroxylation sites is 1. The molecule has 1 aromatic carbocycles. The van der Waals surface area contributed by atoms with Crippen molar-refractivity contribution in [3.63, 3.8) is 0 Å². The number of thioether (sulfide) groups is 1. The SMILES string of the molecule is C=CCn1c(S[C@@H](C)C(=O)Nc2ccccc2F)nc2scc(-c3ccco3)c2c1=O. The first kappa shape index (κ1) is 21.1. The summed E-state index contributed by atoms with van der Waals surface area (Å²) in [5.74, 6) is -0.314. The third-order valence-corrected chi connectivity index (χ3v) is 6.50. The molecule has 0 fully saturated rings. The molecule has 3 heterocycles. The summed E-state index contributed by atoms with van der Waals surface area (Å²) in [4.78, 5) is 31.1. The second kappa shape index (κ2) is 8.91. The summed E-state index contributed by atoms with van der Waals surface area (Å²) in [6.45, 7) is 5.64. The number of amides is 1. The Hall–Kier alpha value is -3.17. The maximum atomic E-state index is 13.9. The van der Waals surface area contributed by atoms with Gasteiger partial charge in [-0.25, -0.2) is 9.37 Å². The van der Waals surface area contributed by atoms with Crippen LogP contribution in [-0.4, -0.2) is 20.7 Å². The molecular weight excluding hydrogens is 437 g/mol. The first-order valence-corrected chi connectivity index (χ1v) is 11.1. The van der Waals surface area contributed by atoms with Crippen molar-refractivity contribution in [3.05, 3.63) is 76.9 Å². The van der Waals surface area contributed by atoms with Gasteiger partial charge in [0, 0.05) is 17.5 Å². The average molecular weight is 456 g/mol. The molecular formula is C22H18FN3O3S2. The third-order valence-electron chi connectivity index (χ3n) is 4.54. The zero-order valence-electron chi connectivity index (χ0n) is 16.5. The van der Waals surface area contributed by atoms with Crippen LogP contribution in [0.2, 0.25) is 0 Å². The number of hydrogen-bond donors (Lipinski definition) is 1. The van der Waals surface area contributed by atoms with Gasteiger partial charge in [-0.2, -0.15) is 0 Å². The van der Waals surface area contributed by atoms with E-state index in [2.05, 4.69) is 16.9 Å². The summed E-state index contributed by atoms with van der Waals surface area (Å²) >= 11 is 2.47. The topological polar surface area (TPSA) is 77.1 Å². The molecule has 6 nitrogen and oxygen atoms in total. The standard InChI is InChI=1S/C22H18FN3O3S2/c1-3-10-26-21(28)18-14(17-9-6-11-29-17)12-30-20(18)25-22(26)31-13(2)19(27)24-16-8-5-4-7-15(16)23/h3-9,11-13H,1,10H2,2H3,(H,24,27)/t13-/m0/s1. The minimum absolute atomic E-state index is 0.105. The number of benzene rings is 1. The minimum atomic E-state index is -0.621. The van der Waals surface area contributed by atoms with Gasteiger partial charge >= 0.3 is 0 Å². The van der Waals surface area contributed by atoms with Gasteiger partial charge in [-0.1, -0.05) is 30.0 Å². The lowest BCUT2D eigenvalue weighted by atomic mass is 10.2. The molecule has 0 bridgehead atoms. The van der Waals surface area contributed by atoms with Crippen molar-refractivity contribution in [2.75, 3.05) is 5.32 Å². The molecule has 1 amide bonds. The minimum Gasteiger partial charge on any atom is -0.464 e. The highest BCUT2D eigenvalue weighted by molar-refractivity contribution is 8.00. The van der Waals surface area contributed by atoms with E-state index in [0.29, 0.717) is 26.7 Å². The average Bonchev–Trinajstić information content (AvgIpc) is 3.42. The van der Waals surface area contributed by atoms with E-state index in [4.69, 9.17) is 4.42 Å². The fourth-order valence-electron chi connectivity index (χ4n) is 3.01. The van der Waals surface area contributed by atoms with Gasteiger partial charge in [0.15, 0.2) is 5.16 Å². The maximum Gasteiger partial charge on any atom is 0.263 e. The van der Waals surface area contributed by atoms with Crippen LogP contribution in [0.5, 0.6) is 0 Å². The van der Waals surface area contributed by atoms with E-state index in [1.54, 1.807) is 43.5 Å². The fraction of sp³-hybridized carbons (Fsp3) is 0.136. The molecule has 4 aromatic rings. The highest BCUT2D eigenvalue weighted by Crippen LogP contribution is 2.33. The number of nitrogens with zero attached hydrogens (tertiary/aromatic N) is 2. The van der Waals surface area contributed by atoms with Crippen molar-refractivity contribution in [3.8, 4) is 11.3 Å². The first-order valence-electron chi connectivity index (χ1n) is 9.38. The van der Waals surface area contributed by atoms with E-state index in [0.717, 1.165) is 11.8 Å². The Morgan fingerprint density at radius 3 is 2.90 bits per heavy atom. The van der Waals surface area contributed by atoms with Crippen molar-refractivity contribution in [2.45, 2.75) is 23.9 Å².